The van der Waals surface area contributed by atoms with Gasteiger partial charge in [-0.05, 0) is 31.9 Å². The molecule has 6 nitrogen and oxygen atoms in total. The lowest BCUT2D eigenvalue weighted by Gasteiger charge is -2.36. The number of anilines is 1. The highest BCUT2D eigenvalue weighted by atomic mass is 16.2. The Labute approximate surface area is 156 Å². The molecule has 1 atom stereocenters. The summed E-state index contributed by atoms with van der Waals surface area (Å²) in [6.07, 6.45) is 2.01. The lowest BCUT2D eigenvalue weighted by atomic mass is 10.1. The topological polar surface area (TPSA) is 56.8 Å². The maximum absolute atomic E-state index is 12.6. The molecule has 2 amide bonds. The largest absolute Gasteiger partial charge is 0.368 e. The van der Waals surface area contributed by atoms with E-state index in [2.05, 4.69) is 17.0 Å². The second-order valence-corrected chi connectivity index (χ2v) is 7.73. The van der Waals surface area contributed by atoms with Crippen molar-refractivity contribution >= 4 is 17.5 Å². The predicted octanol–water partition coefficient (Wildman–Crippen LogP) is 2.38. The highest BCUT2D eigenvalue weighted by Crippen LogP contribution is 2.34. The molecule has 0 radical (unpaired) electrons. The second-order valence-electron chi connectivity index (χ2n) is 7.73. The van der Waals surface area contributed by atoms with Gasteiger partial charge >= 0.3 is 0 Å². The molecule has 1 aromatic rings. The Bertz CT molecular complexity index is 680. The van der Waals surface area contributed by atoms with E-state index in [1.165, 1.54) is 0 Å². The van der Waals surface area contributed by atoms with Gasteiger partial charge in [0.05, 0.1) is 11.7 Å². The number of nitrogens with zero attached hydrogens (tertiary/aromatic N) is 4. The Morgan fingerprint density at radius 2 is 1.81 bits per heavy atom. The Morgan fingerprint density at radius 3 is 2.42 bits per heavy atom. The van der Waals surface area contributed by atoms with E-state index < -0.39 is 0 Å². The first-order valence-corrected chi connectivity index (χ1v) is 9.66. The molecule has 2 saturated heterocycles. The summed E-state index contributed by atoms with van der Waals surface area (Å²) in [7, 11) is 0. The molecule has 0 unspecified atom stereocenters. The van der Waals surface area contributed by atoms with Crippen LogP contribution < -0.4 is 4.90 Å². The minimum atomic E-state index is 0.0135. The summed E-state index contributed by atoms with van der Waals surface area (Å²) >= 11 is 0. The molecule has 0 saturated carbocycles. The van der Waals surface area contributed by atoms with Crippen molar-refractivity contribution in [2.75, 3.05) is 37.6 Å². The summed E-state index contributed by atoms with van der Waals surface area (Å²) in [5, 5.41) is 0. The van der Waals surface area contributed by atoms with Crippen LogP contribution in [-0.2, 0) is 9.59 Å². The standard InChI is InChI=1S/C20H30N4O2/c1-14(2)20(26)24-7-5-6-19(24)18-13-17(12-15(3)21-18)23-10-8-22(9-11-23)16(4)25/h12-14,19H,5-11H2,1-4H3/t19-/m0/s1. The number of piperazine rings is 1. The van der Waals surface area contributed by atoms with Gasteiger partial charge in [-0.1, -0.05) is 13.8 Å². The van der Waals surface area contributed by atoms with Gasteiger partial charge in [-0.15, -0.1) is 0 Å². The fraction of sp³-hybridized carbons (Fsp3) is 0.650. The van der Waals surface area contributed by atoms with Crippen LogP contribution in [0.4, 0.5) is 5.69 Å². The molecule has 142 valence electrons. The molecule has 2 aliphatic heterocycles. The fourth-order valence-corrected chi connectivity index (χ4v) is 3.98. The summed E-state index contributed by atoms with van der Waals surface area (Å²) in [5.41, 5.74) is 3.13. The first kappa shape index (κ1) is 18.7. The van der Waals surface area contributed by atoms with E-state index in [0.29, 0.717) is 0 Å². The highest BCUT2D eigenvalue weighted by Gasteiger charge is 2.32. The number of likely N-dealkylation sites (tertiary alicyclic amines) is 1. The van der Waals surface area contributed by atoms with Gasteiger partial charge in [0.25, 0.3) is 0 Å². The molecule has 0 spiro atoms. The van der Waals surface area contributed by atoms with Crippen LogP contribution in [0.25, 0.3) is 0 Å². The van der Waals surface area contributed by atoms with Crippen LogP contribution in [0.15, 0.2) is 12.1 Å². The smallest absolute Gasteiger partial charge is 0.225 e. The van der Waals surface area contributed by atoms with Crippen molar-refractivity contribution in [1.82, 2.24) is 14.8 Å². The molecule has 2 fully saturated rings. The number of rotatable bonds is 3. The van der Waals surface area contributed by atoms with Crippen molar-refractivity contribution in [3.05, 3.63) is 23.5 Å². The van der Waals surface area contributed by atoms with E-state index in [4.69, 9.17) is 4.98 Å². The lowest BCUT2D eigenvalue weighted by molar-refractivity contribution is -0.135. The van der Waals surface area contributed by atoms with Crippen LogP contribution in [0, 0.1) is 12.8 Å². The van der Waals surface area contributed by atoms with Crippen molar-refractivity contribution in [1.29, 1.82) is 0 Å². The van der Waals surface area contributed by atoms with Gasteiger partial charge in [-0.2, -0.15) is 0 Å². The zero-order valence-electron chi connectivity index (χ0n) is 16.4. The molecule has 3 heterocycles. The van der Waals surface area contributed by atoms with Gasteiger partial charge in [0, 0.05) is 56.9 Å². The van der Waals surface area contributed by atoms with Crippen molar-refractivity contribution < 1.29 is 9.59 Å². The van der Waals surface area contributed by atoms with Crippen LogP contribution in [0.1, 0.15) is 51.0 Å². The molecular formula is C20H30N4O2. The molecule has 2 aliphatic rings. The van der Waals surface area contributed by atoms with Crippen LogP contribution in [0.3, 0.4) is 0 Å². The number of carbonyl (C=O) groups excluding carboxylic acids is 2. The minimum absolute atomic E-state index is 0.0135. The number of carbonyl (C=O) groups is 2. The van der Waals surface area contributed by atoms with E-state index in [9.17, 15) is 9.59 Å². The molecular weight excluding hydrogens is 328 g/mol. The van der Waals surface area contributed by atoms with Crippen LogP contribution >= 0.6 is 0 Å². The lowest BCUT2D eigenvalue weighted by Crippen LogP contribution is -2.48. The van der Waals surface area contributed by atoms with Crippen molar-refractivity contribution in [2.45, 2.75) is 46.6 Å². The van der Waals surface area contributed by atoms with Gasteiger partial charge in [0.1, 0.15) is 0 Å². The highest BCUT2D eigenvalue weighted by molar-refractivity contribution is 5.79. The summed E-state index contributed by atoms with van der Waals surface area (Å²) in [6, 6.07) is 4.34. The molecule has 26 heavy (non-hydrogen) atoms. The fourth-order valence-electron chi connectivity index (χ4n) is 3.98. The van der Waals surface area contributed by atoms with Crippen LogP contribution in [-0.4, -0.2) is 59.3 Å². The Hall–Kier alpha value is -2.11. The van der Waals surface area contributed by atoms with Gasteiger partial charge in [0.2, 0.25) is 11.8 Å². The number of pyridine rings is 1. The van der Waals surface area contributed by atoms with Crippen molar-refractivity contribution in [2.24, 2.45) is 5.92 Å². The SMILES string of the molecule is CC(=O)N1CCN(c2cc(C)nc([C@@H]3CCCN3C(=O)C(C)C)c2)CC1. The number of aromatic nitrogens is 1. The van der Waals surface area contributed by atoms with E-state index >= 15 is 0 Å². The van der Waals surface area contributed by atoms with Crippen LogP contribution in [0.5, 0.6) is 0 Å². The number of amides is 2. The zero-order valence-corrected chi connectivity index (χ0v) is 16.4. The van der Waals surface area contributed by atoms with E-state index in [1.54, 1.807) is 6.92 Å². The number of aryl methyl sites for hydroxylation is 1. The summed E-state index contributed by atoms with van der Waals surface area (Å²) in [6.45, 7) is 11.6. The third kappa shape index (κ3) is 3.84. The molecule has 0 aliphatic carbocycles. The average molecular weight is 358 g/mol. The molecule has 3 rings (SSSR count). The summed E-state index contributed by atoms with van der Waals surface area (Å²) in [5.74, 6) is 0.372. The zero-order chi connectivity index (χ0) is 18.8. The van der Waals surface area contributed by atoms with Gasteiger partial charge in [-0.25, -0.2) is 0 Å². The first-order chi connectivity index (χ1) is 12.4. The average Bonchev–Trinajstić information content (AvgIpc) is 3.10. The van der Waals surface area contributed by atoms with E-state index in [1.807, 2.05) is 30.6 Å². The third-order valence-electron chi connectivity index (χ3n) is 5.42. The Balaban J connectivity index is 1.80. The number of hydrogen-bond donors (Lipinski definition) is 0. The molecule has 0 bridgehead atoms. The monoisotopic (exact) mass is 358 g/mol. The van der Waals surface area contributed by atoms with Gasteiger partial charge in [-0.3, -0.25) is 14.6 Å². The second kappa shape index (κ2) is 7.64. The quantitative estimate of drug-likeness (QED) is 0.832. The maximum atomic E-state index is 12.6. The van der Waals surface area contributed by atoms with Gasteiger partial charge in [0.15, 0.2) is 0 Å². The molecule has 6 heteroatoms. The summed E-state index contributed by atoms with van der Waals surface area (Å²) in [4.78, 5) is 35.1. The van der Waals surface area contributed by atoms with Crippen molar-refractivity contribution in [3.8, 4) is 0 Å². The Morgan fingerprint density at radius 1 is 1.12 bits per heavy atom. The van der Waals surface area contributed by atoms with E-state index in [0.717, 1.165) is 62.6 Å². The van der Waals surface area contributed by atoms with Crippen molar-refractivity contribution in [3.63, 3.8) is 0 Å². The minimum Gasteiger partial charge on any atom is -0.368 e. The van der Waals surface area contributed by atoms with E-state index in [-0.39, 0.29) is 23.8 Å². The van der Waals surface area contributed by atoms with Gasteiger partial charge < -0.3 is 14.7 Å². The molecule has 1 aromatic heterocycles. The van der Waals surface area contributed by atoms with Crippen LogP contribution in [0.2, 0.25) is 0 Å². The first-order valence-electron chi connectivity index (χ1n) is 9.66. The normalized spacial score (nSPS) is 20.8. The predicted molar refractivity (Wildman–Crippen MR) is 102 cm³/mol. The maximum Gasteiger partial charge on any atom is 0.225 e. The molecule has 0 aromatic carbocycles. The third-order valence-corrected chi connectivity index (χ3v) is 5.42. The Kier molecular flexibility index (Phi) is 5.49. The molecule has 0 N–H and O–H groups in total. The number of hydrogen-bond acceptors (Lipinski definition) is 4. The summed E-state index contributed by atoms with van der Waals surface area (Å²) < 4.78 is 0.